The lowest BCUT2D eigenvalue weighted by atomic mass is 10.1. The number of methoxy groups -OCH3 is 1. The SMILES string of the molecule is COc1ccccc1-c1nnc(SCc2nc(-c3ccc(C)cc3)no2)n1CCc1ccccc1. The van der Waals surface area contributed by atoms with Crippen molar-refractivity contribution in [1.82, 2.24) is 24.9 Å². The zero-order valence-electron chi connectivity index (χ0n) is 19.6. The highest BCUT2D eigenvalue weighted by atomic mass is 32.2. The molecular formula is C27H25N5O2S. The average molecular weight is 484 g/mol. The Morgan fingerprint density at radius 2 is 1.69 bits per heavy atom. The van der Waals surface area contributed by atoms with Crippen LogP contribution in [0.5, 0.6) is 5.75 Å². The van der Waals surface area contributed by atoms with E-state index >= 15 is 0 Å². The molecule has 0 saturated carbocycles. The minimum absolute atomic E-state index is 0.494. The fourth-order valence-corrected chi connectivity index (χ4v) is 4.57. The summed E-state index contributed by atoms with van der Waals surface area (Å²) in [4.78, 5) is 4.56. The number of hydrogen-bond acceptors (Lipinski definition) is 7. The van der Waals surface area contributed by atoms with E-state index in [0.29, 0.717) is 17.5 Å². The Balaban J connectivity index is 1.39. The van der Waals surface area contributed by atoms with Crippen LogP contribution < -0.4 is 4.74 Å². The summed E-state index contributed by atoms with van der Waals surface area (Å²) in [6.45, 7) is 2.78. The van der Waals surface area contributed by atoms with Crippen LogP contribution in [-0.2, 0) is 18.7 Å². The van der Waals surface area contributed by atoms with Crippen LogP contribution in [0.25, 0.3) is 22.8 Å². The van der Waals surface area contributed by atoms with Crippen LogP contribution in [0.2, 0.25) is 0 Å². The Kier molecular flexibility index (Phi) is 6.90. The van der Waals surface area contributed by atoms with Crippen LogP contribution in [0.4, 0.5) is 0 Å². The van der Waals surface area contributed by atoms with Gasteiger partial charge in [-0.1, -0.05) is 89.2 Å². The number of hydrogen-bond donors (Lipinski definition) is 0. The van der Waals surface area contributed by atoms with Crippen LogP contribution in [0.1, 0.15) is 17.0 Å². The molecule has 0 radical (unpaired) electrons. The highest BCUT2D eigenvalue weighted by molar-refractivity contribution is 7.98. The molecule has 0 bridgehead atoms. The lowest BCUT2D eigenvalue weighted by Gasteiger charge is -2.12. The second kappa shape index (κ2) is 10.6. The maximum atomic E-state index is 5.59. The summed E-state index contributed by atoms with van der Waals surface area (Å²) >= 11 is 1.53. The largest absolute Gasteiger partial charge is 0.496 e. The molecule has 2 aromatic heterocycles. The standard InChI is InChI=1S/C27H25N5O2S/c1-19-12-14-21(15-13-19)25-28-24(34-31-25)18-35-27-30-29-26(22-10-6-7-11-23(22)33-2)32(27)17-16-20-8-4-3-5-9-20/h3-15H,16-18H2,1-2H3. The number of nitrogens with zero attached hydrogens (tertiary/aromatic N) is 5. The number of aryl methyl sites for hydroxylation is 2. The Hall–Kier alpha value is -3.91. The van der Waals surface area contributed by atoms with E-state index in [9.17, 15) is 0 Å². The van der Waals surface area contributed by atoms with Gasteiger partial charge in [-0.15, -0.1) is 10.2 Å². The second-order valence-corrected chi connectivity index (χ2v) is 9.00. The molecule has 0 atom stereocenters. The van der Waals surface area contributed by atoms with Gasteiger partial charge in [0.15, 0.2) is 11.0 Å². The fourth-order valence-electron chi connectivity index (χ4n) is 3.77. The second-order valence-electron chi connectivity index (χ2n) is 8.06. The fraction of sp³-hybridized carbons (Fsp3) is 0.185. The molecule has 2 heterocycles. The summed E-state index contributed by atoms with van der Waals surface area (Å²) < 4.78 is 13.2. The van der Waals surface area contributed by atoms with Crippen molar-refractivity contribution >= 4 is 11.8 Å². The Morgan fingerprint density at radius 3 is 2.49 bits per heavy atom. The van der Waals surface area contributed by atoms with Gasteiger partial charge in [0, 0.05) is 12.1 Å². The third-order valence-electron chi connectivity index (χ3n) is 5.63. The summed E-state index contributed by atoms with van der Waals surface area (Å²) in [6.07, 6.45) is 0.854. The van der Waals surface area contributed by atoms with E-state index in [4.69, 9.17) is 9.26 Å². The first-order valence-corrected chi connectivity index (χ1v) is 12.3. The van der Waals surface area contributed by atoms with E-state index in [1.54, 1.807) is 7.11 Å². The van der Waals surface area contributed by atoms with Crippen LogP contribution in [0.3, 0.4) is 0 Å². The minimum atomic E-state index is 0.494. The molecular weight excluding hydrogens is 458 g/mol. The van der Waals surface area contributed by atoms with Crippen molar-refractivity contribution in [3.63, 3.8) is 0 Å². The molecule has 5 aromatic rings. The molecule has 176 valence electrons. The summed E-state index contributed by atoms with van der Waals surface area (Å²) in [5, 5.41) is 14.0. The molecule has 0 aliphatic heterocycles. The number of ether oxygens (including phenoxy) is 1. The van der Waals surface area contributed by atoms with Crippen LogP contribution in [-0.4, -0.2) is 32.0 Å². The highest BCUT2D eigenvalue weighted by Crippen LogP contribution is 2.32. The molecule has 3 aromatic carbocycles. The summed E-state index contributed by atoms with van der Waals surface area (Å²) in [5.41, 5.74) is 4.28. The lowest BCUT2D eigenvalue weighted by Crippen LogP contribution is -2.06. The number of aromatic nitrogens is 5. The number of thioether (sulfide) groups is 1. The maximum absolute atomic E-state index is 5.59. The molecule has 0 aliphatic carbocycles. The number of rotatable bonds is 9. The smallest absolute Gasteiger partial charge is 0.237 e. The number of para-hydroxylation sites is 1. The first kappa shape index (κ1) is 22.9. The molecule has 0 unspecified atom stereocenters. The summed E-state index contributed by atoms with van der Waals surface area (Å²) in [7, 11) is 1.67. The molecule has 0 saturated heterocycles. The lowest BCUT2D eigenvalue weighted by molar-refractivity contribution is 0.391. The van der Waals surface area contributed by atoms with Gasteiger partial charge in [0.25, 0.3) is 0 Å². The van der Waals surface area contributed by atoms with Crippen LogP contribution >= 0.6 is 11.8 Å². The molecule has 0 fully saturated rings. The van der Waals surface area contributed by atoms with Crippen molar-refractivity contribution in [1.29, 1.82) is 0 Å². The van der Waals surface area contributed by atoms with E-state index in [1.165, 1.54) is 22.9 Å². The number of benzene rings is 3. The quantitative estimate of drug-likeness (QED) is 0.243. The van der Waals surface area contributed by atoms with Crippen LogP contribution in [0, 0.1) is 6.92 Å². The van der Waals surface area contributed by atoms with Gasteiger partial charge in [0.2, 0.25) is 11.7 Å². The van der Waals surface area contributed by atoms with Gasteiger partial charge in [0.1, 0.15) is 5.75 Å². The Labute approximate surface area is 208 Å². The van der Waals surface area contributed by atoms with Crippen molar-refractivity contribution in [3.8, 4) is 28.5 Å². The third kappa shape index (κ3) is 5.27. The third-order valence-corrected chi connectivity index (χ3v) is 6.59. The van der Waals surface area contributed by atoms with Crippen molar-refractivity contribution in [2.75, 3.05) is 7.11 Å². The Bertz CT molecular complexity index is 1400. The molecule has 8 heteroatoms. The molecule has 0 amide bonds. The average Bonchev–Trinajstić information content (AvgIpc) is 3.54. The van der Waals surface area contributed by atoms with Crippen molar-refractivity contribution < 1.29 is 9.26 Å². The van der Waals surface area contributed by atoms with E-state index in [0.717, 1.165) is 40.8 Å². The van der Waals surface area contributed by atoms with Gasteiger partial charge < -0.3 is 13.8 Å². The predicted octanol–water partition coefficient (Wildman–Crippen LogP) is 5.85. The Morgan fingerprint density at radius 1 is 0.914 bits per heavy atom. The zero-order chi connectivity index (χ0) is 24.0. The van der Waals surface area contributed by atoms with Crippen molar-refractivity contribution in [2.45, 2.75) is 30.8 Å². The predicted molar refractivity (Wildman–Crippen MR) is 136 cm³/mol. The summed E-state index contributed by atoms with van der Waals surface area (Å²) in [6, 6.07) is 26.3. The van der Waals surface area contributed by atoms with E-state index in [1.807, 2.05) is 54.6 Å². The first-order chi connectivity index (χ1) is 17.2. The van der Waals surface area contributed by atoms with Gasteiger partial charge in [-0.2, -0.15) is 4.98 Å². The minimum Gasteiger partial charge on any atom is -0.496 e. The first-order valence-electron chi connectivity index (χ1n) is 11.3. The van der Waals surface area contributed by atoms with E-state index in [-0.39, 0.29) is 0 Å². The monoisotopic (exact) mass is 483 g/mol. The van der Waals surface area contributed by atoms with Gasteiger partial charge in [-0.25, -0.2) is 0 Å². The van der Waals surface area contributed by atoms with Crippen molar-refractivity contribution in [2.24, 2.45) is 0 Å². The molecule has 0 spiro atoms. The molecule has 5 rings (SSSR count). The molecule has 0 aliphatic rings. The highest BCUT2D eigenvalue weighted by Gasteiger charge is 2.19. The normalized spacial score (nSPS) is 11.0. The maximum Gasteiger partial charge on any atom is 0.237 e. The van der Waals surface area contributed by atoms with Crippen LogP contribution in [0.15, 0.2) is 88.5 Å². The molecule has 0 N–H and O–H groups in total. The molecule has 35 heavy (non-hydrogen) atoms. The van der Waals surface area contributed by atoms with Crippen molar-refractivity contribution in [3.05, 3.63) is 95.9 Å². The van der Waals surface area contributed by atoms with E-state index < -0.39 is 0 Å². The topological polar surface area (TPSA) is 78.9 Å². The van der Waals surface area contributed by atoms with Gasteiger partial charge >= 0.3 is 0 Å². The van der Waals surface area contributed by atoms with Gasteiger partial charge in [0.05, 0.1) is 18.4 Å². The zero-order valence-corrected chi connectivity index (χ0v) is 20.4. The molecule has 7 nitrogen and oxygen atoms in total. The van der Waals surface area contributed by atoms with Gasteiger partial charge in [-0.05, 0) is 31.0 Å². The summed E-state index contributed by atoms with van der Waals surface area (Å²) in [5.74, 6) is 3.15. The van der Waals surface area contributed by atoms with Gasteiger partial charge in [-0.3, -0.25) is 0 Å². The van der Waals surface area contributed by atoms with E-state index in [2.05, 4.69) is 56.1 Å².